The Morgan fingerprint density at radius 1 is 1.24 bits per heavy atom. The van der Waals surface area contributed by atoms with Gasteiger partial charge in [-0.3, -0.25) is 0 Å². The molecule has 0 saturated carbocycles. The average molecular weight is 294 g/mol. The molecular weight excluding hydrogens is 264 g/mol. The number of aliphatic hydroxyl groups is 1. The highest BCUT2D eigenvalue weighted by Gasteiger charge is 2.43. The maximum atomic E-state index is 9.01. The predicted molar refractivity (Wildman–Crippen MR) is 85.0 cm³/mol. The van der Waals surface area contributed by atoms with Gasteiger partial charge in [-0.15, -0.1) is 0 Å². The average Bonchev–Trinajstić information content (AvgIpc) is 2.76. The molecule has 0 aromatic rings. The highest BCUT2D eigenvalue weighted by Crippen LogP contribution is 2.46. The smallest absolute Gasteiger partial charge is 0.187 e. The van der Waals surface area contributed by atoms with E-state index in [1.807, 2.05) is 6.08 Å². The molecule has 3 heteroatoms. The molecule has 1 atom stereocenters. The minimum Gasteiger partial charge on any atom is -0.392 e. The van der Waals surface area contributed by atoms with Gasteiger partial charge < -0.3 is 14.6 Å². The van der Waals surface area contributed by atoms with Crippen molar-refractivity contribution in [3.8, 4) is 0 Å². The number of aliphatic hydroxyl groups excluding tert-OH is 1. The minimum absolute atomic E-state index is 0.0996. The van der Waals surface area contributed by atoms with E-state index in [4.69, 9.17) is 14.6 Å². The fourth-order valence-electron chi connectivity index (χ4n) is 3.28. The van der Waals surface area contributed by atoms with Crippen LogP contribution < -0.4 is 0 Å². The van der Waals surface area contributed by atoms with Crippen LogP contribution in [0.3, 0.4) is 0 Å². The summed E-state index contributed by atoms with van der Waals surface area (Å²) in [4.78, 5) is 0. The van der Waals surface area contributed by atoms with Crippen molar-refractivity contribution in [2.45, 2.75) is 59.7 Å². The SMILES string of the molecule is C/C(=C\CO)C[C@@]1(C)C=C(C2(C)OCC(C)(C)CO2)CC1. The fourth-order valence-corrected chi connectivity index (χ4v) is 3.28. The van der Waals surface area contributed by atoms with E-state index in [0.29, 0.717) is 0 Å². The molecule has 0 aromatic carbocycles. The number of rotatable bonds is 4. The first-order valence-corrected chi connectivity index (χ1v) is 7.95. The van der Waals surface area contributed by atoms with Gasteiger partial charge in [0.2, 0.25) is 0 Å². The second-order valence-electron chi connectivity index (χ2n) is 7.92. The summed E-state index contributed by atoms with van der Waals surface area (Å²) in [6.45, 7) is 12.4. The second-order valence-corrected chi connectivity index (χ2v) is 7.92. The lowest BCUT2D eigenvalue weighted by molar-refractivity contribution is -0.268. The second kappa shape index (κ2) is 5.86. The van der Waals surface area contributed by atoms with Gasteiger partial charge in [0.05, 0.1) is 19.8 Å². The number of allylic oxidation sites excluding steroid dienone is 2. The van der Waals surface area contributed by atoms with Gasteiger partial charge in [0, 0.05) is 5.41 Å². The van der Waals surface area contributed by atoms with Crippen molar-refractivity contribution >= 4 is 0 Å². The molecule has 0 bridgehead atoms. The Kier molecular flexibility index (Phi) is 4.67. The molecule has 3 nitrogen and oxygen atoms in total. The van der Waals surface area contributed by atoms with Gasteiger partial charge in [-0.2, -0.15) is 0 Å². The molecular formula is C18H30O3. The van der Waals surface area contributed by atoms with Crippen molar-refractivity contribution in [2.24, 2.45) is 10.8 Å². The summed E-state index contributed by atoms with van der Waals surface area (Å²) in [7, 11) is 0. The summed E-state index contributed by atoms with van der Waals surface area (Å²) in [6.07, 6.45) is 7.37. The van der Waals surface area contributed by atoms with E-state index in [-0.39, 0.29) is 17.4 Å². The maximum absolute atomic E-state index is 9.01. The summed E-state index contributed by atoms with van der Waals surface area (Å²) in [5.41, 5.74) is 2.77. The van der Waals surface area contributed by atoms with Gasteiger partial charge in [-0.05, 0) is 44.1 Å². The molecule has 1 aliphatic heterocycles. The lowest BCUT2D eigenvalue weighted by Gasteiger charge is -2.42. The van der Waals surface area contributed by atoms with Gasteiger partial charge in [-0.1, -0.05) is 38.5 Å². The van der Waals surface area contributed by atoms with Crippen LogP contribution >= 0.6 is 0 Å². The van der Waals surface area contributed by atoms with Crippen LogP contribution in [-0.2, 0) is 9.47 Å². The molecule has 0 amide bonds. The number of ether oxygens (including phenoxy) is 2. The summed E-state index contributed by atoms with van der Waals surface area (Å²) < 4.78 is 12.1. The third kappa shape index (κ3) is 3.97. The van der Waals surface area contributed by atoms with Crippen molar-refractivity contribution in [3.05, 3.63) is 23.3 Å². The van der Waals surface area contributed by atoms with Crippen molar-refractivity contribution in [1.29, 1.82) is 0 Å². The third-order valence-corrected chi connectivity index (χ3v) is 4.67. The third-order valence-electron chi connectivity index (χ3n) is 4.67. The van der Waals surface area contributed by atoms with Crippen LogP contribution in [0.1, 0.15) is 53.9 Å². The van der Waals surface area contributed by atoms with Crippen molar-refractivity contribution in [2.75, 3.05) is 19.8 Å². The summed E-state index contributed by atoms with van der Waals surface area (Å²) in [6, 6.07) is 0. The first-order chi connectivity index (χ1) is 9.68. The van der Waals surface area contributed by atoms with Crippen LogP contribution in [0.25, 0.3) is 0 Å². The van der Waals surface area contributed by atoms with Gasteiger partial charge in [0.15, 0.2) is 5.79 Å². The molecule has 2 aliphatic rings. The Morgan fingerprint density at radius 3 is 2.43 bits per heavy atom. The lowest BCUT2D eigenvalue weighted by atomic mass is 9.83. The van der Waals surface area contributed by atoms with Crippen LogP contribution in [-0.4, -0.2) is 30.7 Å². The summed E-state index contributed by atoms with van der Waals surface area (Å²) in [5, 5.41) is 9.01. The van der Waals surface area contributed by atoms with E-state index in [0.717, 1.165) is 32.5 Å². The van der Waals surface area contributed by atoms with E-state index in [1.165, 1.54) is 11.1 Å². The standard InChI is InChI=1S/C18H30O3/c1-14(7-9-19)10-17(4)8-6-15(11-17)18(5)20-12-16(2,3)13-21-18/h7,11,19H,6,8-10,12-13H2,1-5H3/b14-7+/t17-/m0/s1. The number of hydrogen-bond acceptors (Lipinski definition) is 3. The molecule has 0 aromatic heterocycles. The van der Waals surface area contributed by atoms with Gasteiger partial charge in [-0.25, -0.2) is 0 Å². The summed E-state index contributed by atoms with van der Waals surface area (Å²) in [5.74, 6) is -0.554. The van der Waals surface area contributed by atoms with E-state index >= 15 is 0 Å². The molecule has 21 heavy (non-hydrogen) atoms. The van der Waals surface area contributed by atoms with Crippen LogP contribution in [0, 0.1) is 10.8 Å². The Bertz CT molecular complexity index is 437. The van der Waals surface area contributed by atoms with E-state index < -0.39 is 5.79 Å². The molecule has 0 radical (unpaired) electrons. The first-order valence-electron chi connectivity index (χ1n) is 7.95. The topological polar surface area (TPSA) is 38.7 Å². The highest BCUT2D eigenvalue weighted by molar-refractivity contribution is 5.25. The summed E-state index contributed by atoms with van der Waals surface area (Å²) >= 11 is 0. The zero-order valence-corrected chi connectivity index (χ0v) is 14.2. The molecule has 120 valence electrons. The maximum Gasteiger partial charge on any atom is 0.187 e. The van der Waals surface area contributed by atoms with Gasteiger partial charge >= 0.3 is 0 Å². The monoisotopic (exact) mass is 294 g/mol. The molecule has 1 fully saturated rings. The Morgan fingerprint density at radius 2 is 1.86 bits per heavy atom. The first kappa shape index (κ1) is 16.7. The largest absolute Gasteiger partial charge is 0.392 e. The van der Waals surface area contributed by atoms with Crippen molar-refractivity contribution in [1.82, 2.24) is 0 Å². The lowest BCUT2D eigenvalue weighted by Crippen LogP contribution is -2.46. The van der Waals surface area contributed by atoms with Crippen molar-refractivity contribution in [3.63, 3.8) is 0 Å². The van der Waals surface area contributed by atoms with Crippen LogP contribution in [0.5, 0.6) is 0 Å². The molecule has 1 aliphatic carbocycles. The van der Waals surface area contributed by atoms with Crippen LogP contribution in [0.15, 0.2) is 23.3 Å². The Balaban J connectivity index is 2.08. The zero-order valence-electron chi connectivity index (χ0n) is 14.2. The molecule has 0 spiro atoms. The van der Waals surface area contributed by atoms with Crippen LogP contribution in [0.2, 0.25) is 0 Å². The van der Waals surface area contributed by atoms with Gasteiger partial charge in [0.25, 0.3) is 0 Å². The molecule has 2 rings (SSSR count). The van der Waals surface area contributed by atoms with E-state index in [2.05, 4.69) is 40.7 Å². The highest BCUT2D eigenvalue weighted by atomic mass is 16.7. The molecule has 1 N–H and O–H groups in total. The Labute approximate surface area is 129 Å². The molecule has 1 heterocycles. The fraction of sp³-hybridized carbons (Fsp3) is 0.778. The van der Waals surface area contributed by atoms with E-state index in [9.17, 15) is 0 Å². The number of hydrogen-bond donors (Lipinski definition) is 1. The zero-order chi connectivity index (χ0) is 15.7. The minimum atomic E-state index is -0.554. The van der Waals surface area contributed by atoms with Gasteiger partial charge in [0.1, 0.15) is 0 Å². The van der Waals surface area contributed by atoms with Crippen LogP contribution in [0.4, 0.5) is 0 Å². The van der Waals surface area contributed by atoms with E-state index in [1.54, 1.807) is 0 Å². The van der Waals surface area contributed by atoms with Crippen molar-refractivity contribution < 1.29 is 14.6 Å². The molecule has 1 saturated heterocycles. The molecule has 0 unspecified atom stereocenters. The normalized spacial score (nSPS) is 32.1. The quantitative estimate of drug-likeness (QED) is 0.801. The predicted octanol–water partition coefficient (Wildman–Crippen LogP) is 3.83. The Hall–Kier alpha value is -0.640.